The van der Waals surface area contributed by atoms with E-state index in [-0.39, 0.29) is 15.8 Å². The van der Waals surface area contributed by atoms with E-state index in [2.05, 4.69) is 0 Å². The number of esters is 1. The summed E-state index contributed by atoms with van der Waals surface area (Å²) in [5, 5.41) is 10.2. The second-order valence-electron chi connectivity index (χ2n) is 7.36. The van der Waals surface area contributed by atoms with Gasteiger partial charge in [0.15, 0.2) is 0 Å². The van der Waals surface area contributed by atoms with Gasteiger partial charge in [0.2, 0.25) is 6.10 Å². The summed E-state index contributed by atoms with van der Waals surface area (Å²) in [6.07, 6.45) is 0.584. The van der Waals surface area contributed by atoms with Crippen molar-refractivity contribution in [3.05, 3.63) is 69.7 Å². The Hall–Kier alpha value is -2.19. The third-order valence-electron chi connectivity index (χ3n) is 5.03. The molecule has 4 nitrogen and oxygen atoms in total. The fraction of sp³-hybridized carbons (Fsp3) is 0.273. The minimum atomic E-state index is -1.05. The van der Waals surface area contributed by atoms with Gasteiger partial charge in [0.1, 0.15) is 22.1 Å². The summed E-state index contributed by atoms with van der Waals surface area (Å²) in [5.74, 6) is 0.131. The molecule has 1 aliphatic carbocycles. The van der Waals surface area contributed by atoms with E-state index in [9.17, 15) is 10.1 Å². The van der Waals surface area contributed by atoms with Crippen molar-refractivity contribution in [2.75, 3.05) is 0 Å². The smallest absolute Gasteiger partial charge is 0.311 e. The van der Waals surface area contributed by atoms with Gasteiger partial charge < -0.3 is 9.47 Å². The number of nitrogens with zero attached hydrogens (tertiary/aromatic N) is 1. The number of rotatable bonds is 6. The van der Waals surface area contributed by atoms with Gasteiger partial charge in [-0.25, -0.2) is 0 Å². The molecule has 0 N–H and O–H groups in total. The van der Waals surface area contributed by atoms with Crippen LogP contribution in [0.15, 0.2) is 59.1 Å². The molecule has 2 aromatic carbocycles. The van der Waals surface area contributed by atoms with Crippen LogP contribution in [-0.4, -0.2) is 5.97 Å². The zero-order valence-corrected chi connectivity index (χ0v) is 18.0. The highest BCUT2D eigenvalue weighted by atomic mass is 35.5. The second kappa shape index (κ2) is 8.67. The third-order valence-corrected chi connectivity index (χ3v) is 5.54. The molecule has 0 amide bonds. The van der Waals surface area contributed by atoms with Crippen molar-refractivity contribution >= 4 is 40.8 Å². The molecule has 2 aromatic rings. The molecule has 7 heteroatoms. The number of carbonyl (C=O) groups is 1. The van der Waals surface area contributed by atoms with Crippen LogP contribution in [0, 0.1) is 28.6 Å². The summed E-state index contributed by atoms with van der Waals surface area (Å²) in [5.41, 5.74) is 0.194. The Morgan fingerprint density at radius 1 is 1.17 bits per heavy atom. The number of halogens is 3. The minimum absolute atomic E-state index is 0.113. The van der Waals surface area contributed by atoms with Gasteiger partial charge in [-0.15, -0.1) is 0 Å². The van der Waals surface area contributed by atoms with Gasteiger partial charge in [-0.1, -0.05) is 60.8 Å². The number of benzene rings is 2. The molecule has 1 aliphatic rings. The van der Waals surface area contributed by atoms with E-state index in [1.54, 1.807) is 54.6 Å². The fourth-order valence-corrected chi connectivity index (χ4v) is 3.71. The first-order chi connectivity index (χ1) is 13.7. The number of carbonyl (C=O) groups excluding carboxylic acids is 1. The molecular weight excluding hydrogens is 433 g/mol. The van der Waals surface area contributed by atoms with Crippen LogP contribution in [-0.2, 0) is 9.53 Å². The maximum atomic E-state index is 12.6. The van der Waals surface area contributed by atoms with Crippen LogP contribution >= 0.6 is 34.8 Å². The largest absolute Gasteiger partial charge is 0.457 e. The Morgan fingerprint density at radius 2 is 1.86 bits per heavy atom. The number of ether oxygens (including phenoxy) is 2. The Morgan fingerprint density at radius 3 is 2.48 bits per heavy atom. The second-order valence-corrected chi connectivity index (χ2v) is 8.80. The van der Waals surface area contributed by atoms with E-state index >= 15 is 0 Å². The summed E-state index contributed by atoms with van der Waals surface area (Å²) < 4.78 is 11.4. The molecule has 29 heavy (non-hydrogen) atoms. The first-order valence-corrected chi connectivity index (χ1v) is 10.0. The van der Waals surface area contributed by atoms with Crippen LogP contribution in [0.4, 0.5) is 0 Å². The summed E-state index contributed by atoms with van der Waals surface area (Å²) in [6, 6.07) is 15.8. The van der Waals surface area contributed by atoms with E-state index in [4.69, 9.17) is 44.3 Å². The lowest BCUT2D eigenvalue weighted by molar-refractivity contribution is -0.149. The number of hydrogen-bond acceptors (Lipinski definition) is 4. The van der Waals surface area contributed by atoms with Crippen molar-refractivity contribution in [2.45, 2.75) is 20.0 Å². The molecule has 0 heterocycles. The van der Waals surface area contributed by atoms with Crippen molar-refractivity contribution in [3.63, 3.8) is 0 Å². The number of nitriles is 1. The minimum Gasteiger partial charge on any atom is -0.457 e. The average Bonchev–Trinajstić information content (AvgIpc) is 3.21. The number of hydrogen-bond donors (Lipinski definition) is 0. The Balaban J connectivity index is 1.72. The van der Waals surface area contributed by atoms with Gasteiger partial charge in [-0.2, -0.15) is 5.26 Å². The highest BCUT2D eigenvalue weighted by Gasteiger charge is 2.62. The van der Waals surface area contributed by atoms with Crippen LogP contribution in [0.1, 0.15) is 25.5 Å². The molecule has 3 rings (SSSR count). The third kappa shape index (κ3) is 5.05. The molecule has 150 valence electrons. The summed E-state index contributed by atoms with van der Waals surface area (Å²) in [6.45, 7) is 3.86. The summed E-state index contributed by atoms with van der Waals surface area (Å²) >= 11 is 17.3. The molecule has 0 spiro atoms. The van der Waals surface area contributed by atoms with Crippen molar-refractivity contribution in [3.8, 4) is 17.6 Å². The topological polar surface area (TPSA) is 59.3 Å². The van der Waals surface area contributed by atoms with Gasteiger partial charge in [-0.3, -0.25) is 4.79 Å². The molecule has 0 bridgehead atoms. The highest BCUT2D eigenvalue weighted by Crippen LogP contribution is 2.60. The normalized spacial score (nSPS) is 20.1. The number of allylic oxidation sites excluding steroid dienone is 1. The van der Waals surface area contributed by atoms with Gasteiger partial charge in [0.25, 0.3) is 0 Å². The predicted octanol–water partition coefficient (Wildman–Crippen LogP) is 6.83. The predicted molar refractivity (Wildman–Crippen MR) is 113 cm³/mol. The fourth-order valence-electron chi connectivity index (χ4n) is 3.31. The highest BCUT2D eigenvalue weighted by molar-refractivity contribution is 6.55. The first-order valence-electron chi connectivity index (χ1n) is 8.88. The maximum Gasteiger partial charge on any atom is 0.311 e. The van der Waals surface area contributed by atoms with Gasteiger partial charge >= 0.3 is 5.97 Å². The Bertz CT molecular complexity index is 976. The SMILES string of the molecule is CC1(C)C(C=C(Cl)Cl)C1C(=O)OC(C#N)c1cccc(Oc2ccc(Cl)cc2)c1. The molecule has 1 saturated carbocycles. The maximum absolute atomic E-state index is 12.6. The lowest BCUT2D eigenvalue weighted by Crippen LogP contribution is -2.14. The first kappa shape index (κ1) is 21.5. The average molecular weight is 451 g/mol. The van der Waals surface area contributed by atoms with Gasteiger partial charge in [0, 0.05) is 10.6 Å². The van der Waals surface area contributed by atoms with Crippen molar-refractivity contribution in [1.29, 1.82) is 5.26 Å². The molecule has 3 unspecified atom stereocenters. The monoisotopic (exact) mass is 449 g/mol. The molecule has 1 fully saturated rings. The lowest BCUT2D eigenvalue weighted by atomic mass is 10.1. The molecular formula is C22H18Cl3NO3. The van der Waals surface area contributed by atoms with Gasteiger partial charge in [0.05, 0.1) is 5.92 Å². The van der Waals surface area contributed by atoms with Crippen LogP contribution in [0.5, 0.6) is 11.5 Å². The van der Waals surface area contributed by atoms with E-state index in [1.165, 1.54) is 0 Å². The van der Waals surface area contributed by atoms with Crippen LogP contribution < -0.4 is 4.74 Å². The molecule has 3 atom stereocenters. The zero-order chi connectivity index (χ0) is 21.2. The quantitative estimate of drug-likeness (QED) is 0.452. The zero-order valence-electron chi connectivity index (χ0n) is 15.7. The summed E-state index contributed by atoms with van der Waals surface area (Å²) in [7, 11) is 0. The standard InChI is InChI=1S/C22H18Cl3NO3/c1-22(2)17(11-19(24)25)20(22)21(27)29-18(12-26)13-4-3-5-16(10-13)28-15-8-6-14(23)7-9-15/h3-11,17-18,20H,1-2H3. The molecule has 0 aliphatic heterocycles. The van der Waals surface area contributed by atoms with Crippen LogP contribution in [0.3, 0.4) is 0 Å². The van der Waals surface area contributed by atoms with Crippen molar-refractivity contribution < 1.29 is 14.3 Å². The Labute approximate surface area is 184 Å². The van der Waals surface area contributed by atoms with Crippen molar-refractivity contribution in [2.24, 2.45) is 17.3 Å². The van der Waals surface area contributed by atoms with Crippen LogP contribution in [0.2, 0.25) is 5.02 Å². The molecule has 0 radical (unpaired) electrons. The molecule has 0 saturated heterocycles. The van der Waals surface area contributed by atoms with Crippen LogP contribution in [0.25, 0.3) is 0 Å². The van der Waals surface area contributed by atoms with Crippen molar-refractivity contribution in [1.82, 2.24) is 0 Å². The van der Waals surface area contributed by atoms with Gasteiger partial charge in [-0.05, 0) is 53.8 Å². The lowest BCUT2D eigenvalue weighted by Gasteiger charge is -2.13. The molecule has 0 aromatic heterocycles. The van der Waals surface area contributed by atoms with E-state index in [0.29, 0.717) is 22.1 Å². The Kier molecular flexibility index (Phi) is 6.43. The van der Waals surface area contributed by atoms with E-state index in [0.717, 1.165) is 0 Å². The summed E-state index contributed by atoms with van der Waals surface area (Å²) in [4.78, 5) is 12.6. The van der Waals surface area contributed by atoms with E-state index in [1.807, 2.05) is 19.9 Å². The van der Waals surface area contributed by atoms with E-state index < -0.39 is 18.0 Å².